The molecular formula is C26H25FN4O2. The Balaban J connectivity index is 1.61. The Hall–Kier alpha value is -3.63. The van der Waals surface area contributed by atoms with Crippen LogP contribution in [0.25, 0.3) is 11.3 Å². The van der Waals surface area contributed by atoms with Gasteiger partial charge in [0.25, 0.3) is 5.91 Å². The van der Waals surface area contributed by atoms with Crippen LogP contribution in [0, 0.1) is 30.5 Å². The molecule has 2 aliphatic rings. The lowest BCUT2D eigenvalue weighted by molar-refractivity contribution is 0.0807. The van der Waals surface area contributed by atoms with E-state index in [9.17, 15) is 9.18 Å². The van der Waals surface area contributed by atoms with Crippen molar-refractivity contribution in [2.75, 3.05) is 25.1 Å². The summed E-state index contributed by atoms with van der Waals surface area (Å²) in [4.78, 5) is 20.5. The van der Waals surface area contributed by atoms with E-state index in [0.717, 1.165) is 48.6 Å². The maximum absolute atomic E-state index is 14.2. The van der Waals surface area contributed by atoms with Gasteiger partial charge in [0.1, 0.15) is 5.82 Å². The second-order valence-corrected chi connectivity index (χ2v) is 8.35. The molecule has 2 aliphatic heterocycles. The number of halogens is 1. The maximum Gasteiger partial charge on any atom is 0.255 e. The number of aromatic nitrogens is 2. The Morgan fingerprint density at radius 1 is 1.24 bits per heavy atom. The number of nitrogens with one attached hydrogen (secondary N) is 3. The first-order chi connectivity index (χ1) is 16.1. The van der Waals surface area contributed by atoms with Crippen molar-refractivity contribution in [1.29, 1.82) is 0 Å². The number of pyridine rings is 1. The van der Waals surface area contributed by atoms with Crippen LogP contribution >= 0.6 is 0 Å². The Bertz CT molecular complexity index is 1270. The molecule has 4 heterocycles. The van der Waals surface area contributed by atoms with E-state index in [1.54, 1.807) is 31.5 Å². The summed E-state index contributed by atoms with van der Waals surface area (Å²) in [5.74, 6) is 6.52. The first kappa shape index (κ1) is 21.2. The minimum Gasteiger partial charge on any atom is -0.381 e. The molecule has 6 nitrogen and oxygen atoms in total. The molecular weight excluding hydrogens is 419 g/mol. The van der Waals surface area contributed by atoms with Crippen molar-refractivity contribution in [3.8, 4) is 23.1 Å². The Kier molecular flexibility index (Phi) is 5.84. The number of H-pyrrole nitrogens is 1. The largest absolute Gasteiger partial charge is 0.381 e. The van der Waals surface area contributed by atoms with Gasteiger partial charge in [0.05, 0.1) is 22.5 Å². The lowest BCUT2D eigenvalue weighted by Gasteiger charge is -2.17. The molecule has 0 unspecified atom stereocenters. The van der Waals surface area contributed by atoms with Crippen molar-refractivity contribution in [3.63, 3.8) is 0 Å². The average molecular weight is 445 g/mol. The van der Waals surface area contributed by atoms with Crippen molar-refractivity contribution < 1.29 is 13.9 Å². The highest BCUT2D eigenvalue weighted by atomic mass is 19.1. The van der Waals surface area contributed by atoms with Gasteiger partial charge in [0.15, 0.2) is 0 Å². The average Bonchev–Trinajstić information content (AvgIpc) is 3.21. The number of hydrogen-bond acceptors (Lipinski definition) is 4. The SMILES string of the molecule is Cc1c(F)cccc1Nc1c(-c2ccncc2C#CC2CCOCC2)[nH]c2c1C(=O)NCC2. The highest BCUT2D eigenvalue weighted by Crippen LogP contribution is 2.38. The standard InChI is InChI=1S/C26H25FN4O2/c1-16-20(27)3-2-4-21(16)30-25-23-22(8-12-29-26(23)32)31-24(25)19-7-11-28-15-18(19)6-5-17-9-13-33-14-10-17/h2-4,7,11,15,17,30-31H,8-10,12-14H2,1H3,(H,29,32). The molecule has 2 aromatic heterocycles. The second-order valence-electron chi connectivity index (χ2n) is 8.35. The molecule has 0 spiro atoms. The number of nitrogens with zero attached hydrogens (tertiary/aromatic N) is 1. The van der Waals surface area contributed by atoms with Crippen molar-refractivity contribution >= 4 is 17.3 Å². The first-order valence-electron chi connectivity index (χ1n) is 11.2. The monoisotopic (exact) mass is 444 g/mol. The number of fused-ring (bicyclic) bond motifs is 1. The predicted octanol–water partition coefficient (Wildman–Crippen LogP) is 4.33. The summed E-state index contributed by atoms with van der Waals surface area (Å²) in [5, 5.41) is 6.25. The topological polar surface area (TPSA) is 79.0 Å². The number of rotatable bonds is 3. The van der Waals surface area contributed by atoms with Crippen LogP contribution in [0.4, 0.5) is 15.8 Å². The molecule has 0 atom stereocenters. The molecule has 1 amide bonds. The van der Waals surface area contributed by atoms with Crippen molar-refractivity contribution in [2.45, 2.75) is 26.2 Å². The molecule has 0 saturated carbocycles. The van der Waals surface area contributed by atoms with Gasteiger partial charge in [0, 0.05) is 67.0 Å². The number of benzene rings is 1. The summed E-state index contributed by atoms with van der Waals surface area (Å²) in [6, 6.07) is 6.78. The number of carbonyl (C=O) groups is 1. The van der Waals surface area contributed by atoms with Crippen LogP contribution in [0.5, 0.6) is 0 Å². The van der Waals surface area contributed by atoms with Gasteiger partial charge in [-0.1, -0.05) is 17.9 Å². The van der Waals surface area contributed by atoms with Crippen LogP contribution in [-0.4, -0.2) is 35.6 Å². The number of anilines is 2. The third kappa shape index (κ3) is 4.22. The van der Waals surface area contributed by atoms with Crippen molar-refractivity contribution in [3.05, 3.63) is 64.9 Å². The predicted molar refractivity (Wildman–Crippen MR) is 125 cm³/mol. The molecule has 0 bridgehead atoms. The van der Waals surface area contributed by atoms with E-state index in [0.29, 0.717) is 41.4 Å². The van der Waals surface area contributed by atoms with Gasteiger partial charge in [-0.25, -0.2) is 4.39 Å². The molecule has 5 rings (SSSR count). The van der Waals surface area contributed by atoms with Gasteiger partial charge < -0.3 is 20.4 Å². The van der Waals surface area contributed by atoms with Gasteiger partial charge in [-0.2, -0.15) is 0 Å². The van der Waals surface area contributed by atoms with E-state index in [-0.39, 0.29) is 11.7 Å². The Morgan fingerprint density at radius 2 is 2.09 bits per heavy atom. The lowest BCUT2D eigenvalue weighted by atomic mass is 9.99. The van der Waals surface area contributed by atoms with E-state index >= 15 is 0 Å². The third-order valence-corrected chi connectivity index (χ3v) is 6.22. The number of ether oxygens (including phenoxy) is 1. The first-order valence-corrected chi connectivity index (χ1v) is 11.2. The second kappa shape index (κ2) is 9.08. The van der Waals surface area contributed by atoms with Gasteiger partial charge in [0.2, 0.25) is 0 Å². The molecule has 7 heteroatoms. The van der Waals surface area contributed by atoms with Gasteiger partial charge in [-0.05, 0) is 38.0 Å². The highest BCUT2D eigenvalue weighted by molar-refractivity contribution is 6.06. The fourth-order valence-electron chi connectivity index (χ4n) is 4.32. The minimum atomic E-state index is -0.303. The summed E-state index contributed by atoms with van der Waals surface area (Å²) in [6.45, 7) is 3.75. The van der Waals surface area contributed by atoms with Crippen LogP contribution in [0.1, 0.15) is 40.0 Å². The maximum atomic E-state index is 14.2. The number of carbonyl (C=O) groups excluding carboxylic acids is 1. The molecule has 3 N–H and O–H groups in total. The van der Waals surface area contributed by atoms with Gasteiger partial charge >= 0.3 is 0 Å². The van der Waals surface area contributed by atoms with Crippen LogP contribution in [-0.2, 0) is 11.2 Å². The highest BCUT2D eigenvalue weighted by Gasteiger charge is 2.28. The van der Waals surface area contributed by atoms with Crippen LogP contribution in [0.3, 0.4) is 0 Å². The van der Waals surface area contributed by atoms with Crippen LogP contribution in [0.15, 0.2) is 36.7 Å². The third-order valence-electron chi connectivity index (χ3n) is 6.22. The minimum absolute atomic E-state index is 0.154. The summed E-state index contributed by atoms with van der Waals surface area (Å²) in [5.41, 5.74) is 5.51. The van der Waals surface area contributed by atoms with E-state index in [2.05, 4.69) is 32.4 Å². The van der Waals surface area contributed by atoms with E-state index in [1.165, 1.54) is 6.07 Å². The van der Waals surface area contributed by atoms with Crippen LogP contribution < -0.4 is 10.6 Å². The molecule has 3 aromatic rings. The molecule has 0 radical (unpaired) electrons. The number of hydrogen-bond donors (Lipinski definition) is 3. The smallest absolute Gasteiger partial charge is 0.255 e. The van der Waals surface area contributed by atoms with E-state index < -0.39 is 0 Å². The summed E-state index contributed by atoms with van der Waals surface area (Å²) in [6.07, 6.45) is 5.99. The molecule has 0 aliphatic carbocycles. The fraction of sp³-hybridized carbons (Fsp3) is 0.308. The quantitative estimate of drug-likeness (QED) is 0.526. The van der Waals surface area contributed by atoms with Gasteiger partial charge in [-0.15, -0.1) is 0 Å². The number of aromatic amines is 1. The Morgan fingerprint density at radius 3 is 2.94 bits per heavy atom. The van der Waals surface area contributed by atoms with Crippen molar-refractivity contribution in [1.82, 2.24) is 15.3 Å². The zero-order valence-corrected chi connectivity index (χ0v) is 18.4. The Labute approximate surface area is 192 Å². The molecule has 1 saturated heterocycles. The van der Waals surface area contributed by atoms with Crippen molar-refractivity contribution in [2.24, 2.45) is 5.92 Å². The van der Waals surface area contributed by atoms with Crippen LogP contribution in [0.2, 0.25) is 0 Å². The summed E-state index contributed by atoms with van der Waals surface area (Å²) >= 11 is 0. The zero-order valence-electron chi connectivity index (χ0n) is 18.4. The normalized spacial score (nSPS) is 15.9. The number of amides is 1. The molecule has 168 valence electrons. The fourth-order valence-corrected chi connectivity index (χ4v) is 4.32. The summed E-state index contributed by atoms with van der Waals surface area (Å²) < 4.78 is 19.7. The van der Waals surface area contributed by atoms with Gasteiger partial charge in [-0.3, -0.25) is 9.78 Å². The van der Waals surface area contributed by atoms with E-state index in [4.69, 9.17) is 4.74 Å². The molecule has 33 heavy (non-hydrogen) atoms. The molecule has 1 fully saturated rings. The zero-order chi connectivity index (χ0) is 22.8. The lowest BCUT2D eigenvalue weighted by Crippen LogP contribution is -2.31. The summed E-state index contributed by atoms with van der Waals surface area (Å²) in [7, 11) is 0. The van der Waals surface area contributed by atoms with E-state index in [1.807, 2.05) is 6.07 Å². The molecule has 1 aromatic carbocycles.